The van der Waals surface area contributed by atoms with Crippen LogP contribution in [-0.2, 0) is 11.8 Å². The Morgan fingerprint density at radius 1 is 1.02 bits per heavy atom. The van der Waals surface area contributed by atoms with Gasteiger partial charge in [-0.1, -0.05) is 12.1 Å². The zero-order valence-electron chi connectivity index (χ0n) is 24.3. The first-order valence-electron chi connectivity index (χ1n) is 13.9. The number of hydrogen-bond donors (Lipinski definition) is 1. The maximum absolute atomic E-state index is 14.1. The first-order chi connectivity index (χ1) is 19.7. The lowest BCUT2D eigenvalue weighted by molar-refractivity contribution is 0.0772. The second-order valence-electron chi connectivity index (χ2n) is 10.1. The number of likely N-dealkylation sites (N-methyl/N-ethyl adjacent to an activating group) is 1. The predicted molar refractivity (Wildman–Crippen MR) is 161 cm³/mol. The predicted octanol–water partition coefficient (Wildman–Crippen LogP) is 5.96. The number of halogens is 1. The Morgan fingerprint density at radius 3 is 2.37 bits per heavy atom. The van der Waals surface area contributed by atoms with Crippen molar-refractivity contribution in [3.63, 3.8) is 0 Å². The van der Waals surface area contributed by atoms with Crippen LogP contribution in [-0.4, -0.2) is 49.7 Å². The lowest BCUT2D eigenvalue weighted by Crippen LogP contribution is -2.31. The van der Waals surface area contributed by atoms with Gasteiger partial charge in [-0.2, -0.15) is 5.10 Å². The molecule has 2 amide bonds. The van der Waals surface area contributed by atoms with Crippen LogP contribution in [0.1, 0.15) is 59.5 Å². The highest BCUT2D eigenvalue weighted by molar-refractivity contribution is 5.98. The monoisotopic (exact) mass is 556 g/mol. The fourth-order valence-corrected chi connectivity index (χ4v) is 5.47. The van der Waals surface area contributed by atoms with Gasteiger partial charge in [-0.05, 0) is 106 Å². The number of hydrazone groups is 1. The Bertz CT molecular complexity index is 1460. The molecule has 3 aromatic carbocycles. The van der Waals surface area contributed by atoms with Crippen LogP contribution in [0, 0.1) is 5.82 Å². The summed E-state index contributed by atoms with van der Waals surface area (Å²) in [5.74, 6) is 0.0270. The van der Waals surface area contributed by atoms with Crippen molar-refractivity contribution in [2.75, 3.05) is 31.6 Å². The first kappa shape index (κ1) is 29.5. The van der Waals surface area contributed by atoms with Crippen molar-refractivity contribution in [1.82, 2.24) is 10.3 Å². The summed E-state index contributed by atoms with van der Waals surface area (Å²) in [6.07, 6.45) is 4.02. The molecule has 1 heterocycles. The largest absolute Gasteiger partial charge is 0.497 e. The van der Waals surface area contributed by atoms with E-state index in [2.05, 4.69) is 29.3 Å². The number of ether oxygens (including phenoxy) is 1. The van der Waals surface area contributed by atoms with Crippen molar-refractivity contribution in [2.24, 2.45) is 5.10 Å². The van der Waals surface area contributed by atoms with Crippen LogP contribution < -0.4 is 15.1 Å². The maximum atomic E-state index is 14.1. The second-order valence-corrected chi connectivity index (χ2v) is 10.1. The molecule has 1 aliphatic heterocycles. The van der Waals surface area contributed by atoms with E-state index >= 15 is 0 Å². The summed E-state index contributed by atoms with van der Waals surface area (Å²) < 4.78 is 19.6. The van der Waals surface area contributed by atoms with Gasteiger partial charge in [0.2, 0.25) is 0 Å². The smallest absolute Gasteiger partial charge is 0.271 e. The molecule has 0 fully saturated rings. The molecule has 4 rings (SSSR count). The summed E-state index contributed by atoms with van der Waals surface area (Å²) in [6.45, 7) is 10.0. The molecule has 3 aromatic rings. The highest BCUT2D eigenvalue weighted by Gasteiger charge is 2.43. The van der Waals surface area contributed by atoms with Gasteiger partial charge < -0.3 is 14.5 Å². The van der Waals surface area contributed by atoms with Gasteiger partial charge in [0, 0.05) is 53.8 Å². The van der Waals surface area contributed by atoms with Crippen molar-refractivity contribution >= 4 is 23.7 Å². The molecule has 0 saturated carbocycles. The minimum absolute atomic E-state index is 0.0662. The summed E-state index contributed by atoms with van der Waals surface area (Å²) in [6, 6.07) is 19.2. The van der Waals surface area contributed by atoms with Crippen LogP contribution >= 0.6 is 0 Å². The standard InChI is InChI=1S/C33H37FN4O3/c1-6-37(7-2)32(40)25-14-12-24(13-15-25)31(39)36-35-19-18-30-33(4,22-23-10-9-11-26(34)20-23)28-21-27(41-5)16-17-29(28)38(30)8-3/h9-21H,6-8,22H2,1-5H3,(H,36,39)/b30-18-,35-19+. The molecule has 8 heteroatoms. The van der Waals surface area contributed by atoms with Crippen molar-refractivity contribution in [3.05, 3.63) is 107 Å². The van der Waals surface area contributed by atoms with Crippen LogP contribution in [0.5, 0.6) is 5.75 Å². The Labute approximate surface area is 241 Å². The van der Waals surface area contributed by atoms with Crippen molar-refractivity contribution in [2.45, 2.75) is 39.5 Å². The van der Waals surface area contributed by atoms with E-state index in [-0.39, 0.29) is 17.6 Å². The third-order valence-electron chi connectivity index (χ3n) is 7.63. The molecule has 0 bridgehead atoms. The zero-order valence-corrected chi connectivity index (χ0v) is 24.3. The third kappa shape index (κ3) is 6.16. The topological polar surface area (TPSA) is 74.2 Å². The van der Waals surface area contributed by atoms with Gasteiger partial charge in [-0.25, -0.2) is 9.82 Å². The van der Waals surface area contributed by atoms with E-state index in [0.717, 1.165) is 28.3 Å². The fourth-order valence-electron chi connectivity index (χ4n) is 5.47. The number of benzene rings is 3. The van der Waals surface area contributed by atoms with E-state index in [1.165, 1.54) is 6.07 Å². The number of hydrogen-bond acceptors (Lipinski definition) is 5. The van der Waals surface area contributed by atoms with Gasteiger partial charge in [-0.3, -0.25) is 9.59 Å². The minimum atomic E-state index is -0.503. The Morgan fingerprint density at radius 2 is 1.73 bits per heavy atom. The number of carbonyl (C=O) groups is 2. The molecule has 41 heavy (non-hydrogen) atoms. The van der Waals surface area contributed by atoms with E-state index < -0.39 is 5.41 Å². The van der Waals surface area contributed by atoms with Gasteiger partial charge in [0.1, 0.15) is 11.6 Å². The van der Waals surface area contributed by atoms with E-state index in [4.69, 9.17) is 4.74 Å². The molecule has 7 nitrogen and oxygen atoms in total. The van der Waals surface area contributed by atoms with E-state index in [1.807, 2.05) is 44.2 Å². The van der Waals surface area contributed by atoms with Gasteiger partial charge in [0.25, 0.3) is 11.8 Å². The molecule has 1 aliphatic rings. The molecule has 1 atom stereocenters. The van der Waals surface area contributed by atoms with E-state index in [1.54, 1.807) is 54.6 Å². The third-order valence-corrected chi connectivity index (χ3v) is 7.63. The Hall–Kier alpha value is -4.46. The lowest BCUT2D eigenvalue weighted by atomic mass is 9.76. The molecule has 1 unspecified atom stereocenters. The molecule has 214 valence electrons. The highest BCUT2D eigenvalue weighted by atomic mass is 19.1. The number of amides is 2. The maximum Gasteiger partial charge on any atom is 0.271 e. The summed E-state index contributed by atoms with van der Waals surface area (Å²) in [4.78, 5) is 29.2. The van der Waals surface area contributed by atoms with Gasteiger partial charge in [-0.15, -0.1) is 0 Å². The summed E-state index contributed by atoms with van der Waals surface area (Å²) in [5, 5.41) is 4.19. The number of anilines is 1. The van der Waals surface area contributed by atoms with Gasteiger partial charge >= 0.3 is 0 Å². The molecule has 0 spiro atoms. The molecular formula is C33H37FN4O3. The van der Waals surface area contributed by atoms with Crippen LogP contribution in [0.2, 0.25) is 0 Å². The summed E-state index contributed by atoms with van der Waals surface area (Å²) in [7, 11) is 1.64. The number of fused-ring (bicyclic) bond motifs is 1. The van der Waals surface area contributed by atoms with E-state index in [9.17, 15) is 14.0 Å². The number of carbonyl (C=O) groups excluding carboxylic acids is 2. The minimum Gasteiger partial charge on any atom is -0.497 e. The van der Waals surface area contributed by atoms with Gasteiger partial charge in [0.15, 0.2) is 0 Å². The van der Waals surface area contributed by atoms with Crippen molar-refractivity contribution < 1.29 is 18.7 Å². The zero-order chi connectivity index (χ0) is 29.6. The van der Waals surface area contributed by atoms with Crippen LogP contribution in [0.3, 0.4) is 0 Å². The van der Waals surface area contributed by atoms with Gasteiger partial charge in [0.05, 0.1) is 7.11 Å². The molecule has 0 radical (unpaired) electrons. The highest BCUT2D eigenvalue weighted by Crippen LogP contribution is 2.50. The number of nitrogens with zero attached hydrogens (tertiary/aromatic N) is 3. The molecule has 1 N–H and O–H groups in total. The van der Waals surface area contributed by atoms with Crippen molar-refractivity contribution in [1.29, 1.82) is 0 Å². The van der Waals surface area contributed by atoms with Crippen LogP contribution in [0.15, 0.2) is 83.6 Å². The first-order valence-corrected chi connectivity index (χ1v) is 13.9. The van der Waals surface area contributed by atoms with E-state index in [0.29, 0.717) is 37.2 Å². The number of methoxy groups -OCH3 is 1. The molecule has 0 saturated heterocycles. The lowest BCUT2D eigenvalue weighted by Gasteiger charge is -2.30. The fraction of sp³-hybridized carbons (Fsp3) is 0.303. The van der Waals surface area contributed by atoms with Crippen LogP contribution in [0.25, 0.3) is 0 Å². The SMILES string of the molecule is CCN(CC)C(=O)c1ccc(C(=O)N/N=C/C=C2\N(CC)c3ccc(OC)cc3C2(C)Cc2cccc(F)c2)cc1. The quantitative estimate of drug-likeness (QED) is 0.247. The average molecular weight is 557 g/mol. The normalized spacial score (nSPS) is 17.1. The Balaban J connectivity index is 1.58. The number of rotatable bonds is 10. The summed E-state index contributed by atoms with van der Waals surface area (Å²) in [5.41, 5.74) is 6.98. The molecular weight excluding hydrogens is 519 g/mol. The summed E-state index contributed by atoms with van der Waals surface area (Å²) >= 11 is 0. The second kappa shape index (κ2) is 12.8. The van der Waals surface area contributed by atoms with Crippen molar-refractivity contribution in [3.8, 4) is 5.75 Å². The average Bonchev–Trinajstić information content (AvgIpc) is 3.21. The Kier molecular flexibility index (Phi) is 9.22. The van der Waals surface area contributed by atoms with Crippen LogP contribution in [0.4, 0.5) is 10.1 Å². The number of nitrogens with one attached hydrogen (secondary N) is 1. The number of allylic oxidation sites excluding steroid dienone is 2. The molecule has 0 aromatic heterocycles. The molecule has 0 aliphatic carbocycles.